The second kappa shape index (κ2) is 10.2. The molecule has 0 heterocycles. The van der Waals surface area contributed by atoms with E-state index in [1.807, 2.05) is 0 Å². The van der Waals surface area contributed by atoms with Crippen molar-refractivity contribution in [1.29, 1.82) is 0 Å². The molecule has 0 atom stereocenters. The van der Waals surface area contributed by atoms with Crippen LogP contribution in [-0.4, -0.2) is 28.9 Å². The fourth-order valence-corrected chi connectivity index (χ4v) is 1.73. The molecule has 0 spiro atoms. The Bertz CT molecular complexity index is 293. The third-order valence-corrected chi connectivity index (χ3v) is 2.70. The van der Waals surface area contributed by atoms with Crippen LogP contribution in [0.15, 0.2) is 42.0 Å². The van der Waals surface area contributed by atoms with Crippen LogP contribution in [0, 0.1) is 0 Å². The molecule has 0 aromatic heterocycles. The summed E-state index contributed by atoms with van der Waals surface area (Å²) in [5.74, 6) is 0.732. The maximum absolute atomic E-state index is 5.63. The molecule has 86 valence electrons. The molecule has 0 amide bonds. The Kier molecular flexibility index (Phi) is 10.2. The second-order valence-electron chi connectivity index (χ2n) is 3.87. The fraction of sp³-hybridized carbons (Fsp3) is 0.429. The SMILES string of the molecule is CC(=CCCCl)CCCc1ccccc1.[MgH2]. The molecule has 0 radical (unpaired) electrons. The van der Waals surface area contributed by atoms with E-state index in [-0.39, 0.29) is 23.1 Å². The van der Waals surface area contributed by atoms with Crippen LogP contribution in [0.1, 0.15) is 31.7 Å². The van der Waals surface area contributed by atoms with Gasteiger partial charge in [-0.1, -0.05) is 42.0 Å². The summed E-state index contributed by atoms with van der Waals surface area (Å²) in [7, 11) is 0. The number of halogens is 1. The highest BCUT2D eigenvalue weighted by Crippen LogP contribution is 2.10. The average molecular weight is 249 g/mol. The van der Waals surface area contributed by atoms with E-state index >= 15 is 0 Å². The van der Waals surface area contributed by atoms with Gasteiger partial charge < -0.3 is 0 Å². The predicted molar refractivity (Wildman–Crippen MR) is 77.0 cm³/mol. The van der Waals surface area contributed by atoms with Crippen LogP contribution in [0.4, 0.5) is 0 Å². The van der Waals surface area contributed by atoms with Gasteiger partial charge in [0.15, 0.2) is 0 Å². The van der Waals surface area contributed by atoms with Crippen molar-refractivity contribution in [3.05, 3.63) is 47.5 Å². The summed E-state index contributed by atoms with van der Waals surface area (Å²) in [6.07, 6.45) is 6.84. The Balaban J connectivity index is 0.00000225. The molecule has 0 nitrogen and oxygen atoms in total. The molecule has 0 aliphatic heterocycles. The lowest BCUT2D eigenvalue weighted by Gasteiger charge is -2.02. The van der Waals surface area contributed by atoms with Crippen molar-refractivity contribution in [2.24, 2.45) is 0 Å². The van der Waals surface area contributed by atoms with Crippen LogP contribution in [0.25, 0.3) is 0 Å². The smallest absolute Gasteiger partial charge is 0.126 e. The van der Waals surface area contributed by atoms with Crippen molar-refractivity contribution in [2.75, 3.05) is 5.88 Å². The van der Waals surface area contributed by atoms with Crippen LogP contribution in [0.3, 0.4) is 0 Å². The monoisotopic (exact) mass is 248 g/mol. The van der Waals surface area contributed by atoms with Crippen molar-refractivity contribution in [2.45, 2.75) is 32.6 Å². The van der Waals surface area contributed by atoms with E-state index in [4.69, 9.17) is 11.6 Å². The summed E-state index contributed by atoms with van der Waals surface area (Å²) < 4.78 is 0. The Morgan fingerprint density at radius 2 is 1.94 bits per heavy atom. The molecule has 1 rings (SSSR count). The minimum Gasteiger partial charge on any atom is -0.126 e. The zero-order valence-electron chi connectivity index (χ0n) is 9.38. The van der Waals surface area contributed by atoms with Gasteiger partial charge in [0.1, 0.15) is 0 Å². The summed E-state index contributed by atoms with van der Waals surface area (Å²) in [4.78, 5) is 0. The van der Waals surface area contributed by atoms with Gasteiger partial charge in [-0.25, -0.2) is 0 Å². The first-order valence-corrected chi connectivity index (χ1v) is 6.12. The van der Waals surface area contributed by atoms with Gasteiger partial charge in [0.05, 0.1) is 0 Å². The first kappa shape index (κ1) is 16.0. The Hall–Kier alpha value is 0.0162. The largest absolute Gasteiger partial charge is 0.316 e. The van der Waals surface area contributed by atoms with Gasteiger partial charge in [0.25, 0.3) is 0 Å². The standard InChI is InChI=1S/C14H19Cl.Mg.2H/c1-13(8-6-12-15)7-5-11-14-9-3-2-4-10-14;;;/h2-4,8-10H,5-7,11-12H2,1H3;;;. The number of allylic oxidation sites excluding steroid dienone is 2. The van der Waals surface area contributed by atoms with E-state index < -0.39 is 0 Å². The highest BCUT2D eigenvalue weighted by Gasteiger charge is 1.93. The minimum atomic E-state index is 0. The number of hydrogen-bond donors (Lipinski definition) is 0. The lowest BCUT2D eigenvalue weighted by molar-refractivity contribution is 0.807. The van der Waals surface area contributed by atoms with Crippen LogP contribution < -0.4 is 0 Å². The van der Waals surface area contributed by atoms with E-state index in [9.17, 15) is 0 Å². The van der Waals surface area contributed by atoms with Gasteiger partial charge in [-0.3, -0.25) is 0 Å². The van der Waals surface area contributed by atoms with Crippen LogP contribution >= 0.6 is 11.6 Å². The van der Waals surface area contributed by atoms with E-state index in [2.05, 4.69) is 43.3 Å². The van der Waals surface area contributed by atoms with E-state index in [0.29, 0.717) is 0 Å². The first-order valence-electron chi connectivity index (χ1n) is 5.58. The fourth-order valence-electron chi connectivity index (χ4n) is 1.62. The van der Waals surface area contributed by atoms with Crippen molar-refractivity contribution in [1.82, 2.24) is 0 Å². The van der Waals surface area contributed by atoms with Crippen molar-refractivity contribution < 1.29 is 0 Å². The number of hydrogen-bond acceptors (Lipinski definition) is 0. The van der Waals surface area contributed by atoms with Gasteiger partial charge in [-0.2, -0.15) is 0 Å². The van der Waals surface area contributed by atoms with Gasteiger partial charge >= 0.3 is 23.1 Å². The maximum atomic E-state index is 5.63. The number of benzene rings is 1. The molecule has 0 saturated carbocycles. The van der Waals surface area contributed by atoms with E-state index in [0.717, 1.165) is 12.3 Å². The lowest BCUT2D eigenvalue weighted by atomic mass is 10.0. The normalized spacial score (nSPS) is 11.0. The summed E-state index contributed by atoms with van der Waals surface area (Å²) in [6.45, 7) is 2.19. The molecular formula is C14H21ClMg. The molecule has 0 saturated heterocycles. The zero-order chi connectivity index (χ0) is 10.9. The topological polar surface area (TPSA) is 0 Å². The van der Waals surface area contributed by atoms with Crippen LogP contribution in [-0.2, 0) is 6.42 Å². The predicted octanol–water partition coefficient (Wildman–Crippen LogP) is 3.67. The zero-order valence-corrected chi connectivity index (χ0v) is 10.1. The average Bonchev–Trinajstić information content (AvgIpc) is 2.28. The van der Waals surface area contributed by atoms with Gasteiger partial charge in [0, 0.05) is 5.88 Å². The molecular weight excluding hydrogens is 228 g/mol. The van der Waals surface area contributed by atoms with Gasteiger partial charge in [-0.15, -0.1) is 11.6 Å². The van der Waals surface area contributed by atoms with E-state index in [1.165, 1.54) is 30.4 Å². The Morgan fingerprint density at radius 1 is 1.25 bits per heavy atom. The third-order valence-electron chi connectivity index (χ3n) is 2.48. The summed E-state index contributed by atoms with van der Waals surface area (Å²) in [6, 6.07) is 10.7. The molecule has 2 heteroatoms. The molecule has 0 fully saturated rings. The number of aryl methyl sites for hydroxylation is 1. The molecule has 0 bridgehead atoms. The quantitative estimate of drug-likeness (QED) is 0.410. The van der Waals surface area contributed by atoms with Crippen molar-refractivity contribution >= 4 is 34.7 Å². The minimum absolute atomic E-state index is 0. The first-order chi connectivity index (χ1) is 7.33. The molecule has 0 aliphatic carbocycles. The molecule has 1 aromatic rings. The van der Waals surface area contributed by atoms with E-state index in [1.54, 1.807) is 0 Å². The molecule has 16 heavy (non-hydrogen) atoms. The Labute approximate surface area is 120 Å². The summed E-state index contributed by atoms with van der Waals surface area (Å²) in [5, 5.41) is 0. The Morgan fingerprint density at radius 3 is 2.56 bits per heavy atom. The number of alkyl halides is 1. The molecule has 1 aromatic carbocycles. The molecule has 0 N–H and O–H groups in total. The van der Waals surface area contributed by atoms with Gasteiger partial charge in [0.2, 0.25) is 0 Å². The molecule has 0 aliphatic rings. The van der Waals surface area contributed by atoms with Crippen molar-refractivity contribution in [3.8, 4) is 0 Å². The lowest BCUT2D eigenvalue weighted by Crippen LogP contribution is -1.86. The van der Waals surface area contributed by atoms with Gasteiger partial charge in [-0.05, 0) is 38.2 Å². The highest BCUT2D eigenvalue weighted by atomic mass is 35.5. The highest BCUT2D eigenvalue weighted by molar-refractivity contribution is 6.17. The van der Waals surface area contributed by atoms with Crippen LogP contribution in [0.5, 0.6) is 0 Å². The van der Waals surface area contributed by atoms with Crippen LogP contribution in [0.2, 0.25) is 0 Å². The number of rotatable bonds is 6. The third kappa shape index (κ3) is 7.32. The maximum Gasteiger partial charge on any atom is 0.316 e. The van der Waals surface area contributed by atoms with Crippen molar-refractivity contribution in [3.63, 3.8) is 0 Å². The summed E-state index contributed by atoms with van der Waals surface area (Å²) in [5.41, 5.74) is 2.90. The molecule has 0 unspecified atom stereocenters. The second-order valence-corrected chi connectivity index (χ2v) is 4.25. The summed E-state index contributed by atoms with van der Waals surface area (Å²) >= 11 is 5.63.